The van der Waals surface area contributed by atoms with Crippen molar-refractivity contribution in [1.82, 2.24) is 15.0 Å². The Morgan fingerprint density at radius 3 is 2.47 bits per heavy atom. The van der Waals surface area contributed by atoms with Gasteiger partial charge in [-0.05, 0) is 50.6 Å². The average Bonchev–Trinajstić information content (AvgIpc) is 2.63. The van der Waals surface area contributed by atoms with Gasteiger partial charge >= 0.3 is 6.18 Å². The van der Waals surface area contributed by atoms with Gasteiger partial charge in [-0.1, -0.05) is 0 Å². The van der Waals surface area contributed by atoms with E-state index in [1.54, 1.807) is 13.0 Å². The number of hydrogen-bond donors (Lipinski definition) is 1. The van der Waals surface area contributed by atoms with Gasteiger partial charge in [-0.15, -0.1) is 0 Å². The fourth-order valence-corrected chi connectivity index (χ4v) is 2.76. The summed E-state index contributed by atoms with van der Waals surface area (Å²) in [5, 5.41) is 2.53. The minimum absolute atomic E-state index is 0.0527. The summed E-state index contributed by atoms with van der Waals surface area (Å²) in [7, 11) is 0. The smallest absolute Gasteiger partial charge is 0.418 e. The number of nitrogens with one attached hydrogen (secondary N) is 1. The summed E-state index contributed by atoms with van der Waals surface area (Å²) >= 11 is 0. The number of aryl methyl sites for hydroxylation is 2. The summed E-state index contributed by atoms with van der Waals surface area (Å²) in [4.78, 5) is 24.2. The van der Waals surface area contributed by atoms with Crippen molar-refractivity contribution in [1.29, 1.82) is 0 Å². The van der Waals surface area contributed by atoms with Crippen molar-refractivity contribution in [2.75, 3.05) is 5.32 Å². The first kappa shape index (κ1) is 21.2. The highest BCUT2D eigenvalue weighted by molar-refractivity contribution is 6.07. The van der Waals surface area contributed by atoms with Crippen LogP contribution in [0.5, 0.6) is 11.6 Å². The Morgan fingerprint density at radius 2 is 1.83 bits per heavy atom. The number of nitrogens with zero attached hydrogens (tertiary/aromatic N) is 3. The van der Waals surface area contributed by atoms with E-state index in [2.05, 4.69) is 20.3 Å². The molecule has 6 nitrogen and oxygen atoms in total. The summed E-state index contributed by atoms with van der Waals surface area (Å²) in [5.41, 5.74) is -0.733. The average molecular weight is 420 g/mol. The predicted molar refractivity (Wildman–Crippen MR) is 99.9 cm³/mol. The van der Waals surface area contributed by atoms with Gasteiger partial charge in [0.25, 0.3) is 5.91 Å². The van der Waals surface area contributed by atoms with E-state index in [1.165, 1.54) is 25.3 Å². The van der Waals surface area contributed by atoms with Gasteiger partial charge in [0.15, 0.2) is 5.75 Å². The number of anilines is 1. The first-order valence-corrected chi connectivity index (χ1v) is 8.68. The molecule has 3 aromatic heterocycles. The van der Waals surface area contributed by atoms with Crippen molar-refractivity contribution >= 4 is 11.6 Å². The van der Waals surface area contributed by atoms with Crippen LogP contribution in [0.1, 0.15) is 32.9 Å². The lowest BCUT2D eigenvalue weighted by atomic mass is 10.0. The number of aromatic nitrogens is 3. The zero-order valence-electron chi connectivity index (χ0n) is 16.1. The molecule has 10 heteroatoms. The van der Waals surface area contributed by atoms with E-state index in [4.69, 9.17) is 4.74 Å². The number of pyridine rings is 3. The fraction of sp³-hybridized carbons (Fsp3) is 0.200. The molecule has 0 aliphatic carbocycles. The quantitative estimate of drug-likeness (QED) is 0.475. The molecule has 3 heterocycles. The molecule has 0 aliphatic heterocycles. The van der Waals surface area contributed by atoms with Crippen molar-refractivity contribution in [3.05, 3.63) is 70.7 Å². The second kappa shape index (κ2) is 8.05. The Balaban J connectivity index is 2.08. The van der Waals surface area contributed by atoms with Gasteiger partial charge in [-0.2, -0.15) is 17.6 Å². The Labute approximate surface area is 169 Å². The number of carbonyl (C=O) groups is 1. The lowest BCUT2D eigenvalue weighted by Gasteiger charge is -2.17. The first-order valence-electron chi connectivity index (χ1n) is 8.68. The maximum atomic E-state index is 13.4. The zero-order valence-corrected chi connectivity index (χ0v) is 16.1. The predicted octanol–water partition coefficient (Wildman–Crippen LogP) is 5.00. The summed E-state index contributed by atoms with van der Waals surface area (Å²) in [6.45, 7) is 4.31. The van der Waals surface area contributed by atoms with Crippen molar-refractivity contribution in [2.45, 2.75) is 26.9 Å². The third-order valence-corrected chi connectivity index (χ3v) is 4.20. The number of alkyl halides is 3. The number of halogens is 4. The first-order chi connectivity index (χ1) is 14.1. The van der Waals surface area contributed by atoms with Crippen LogP contribution in [0.2, 0.25) is 0 Å². The lowest BCUT2D eigenvalue weighted by molar-refractivity contribution is -0.138. The summed E-state index contributed by atoms with van der Waals surface area (Å²) in [6.07, 6.45) is -2.68. The van der Waals surface area contributed by atoms with Crippen molar-refractivity contribution in [3.8, 4) is 11.6 Å². The van der Waals surface area contributed by atoms with Crippen LogP contribution < -0.4 is 10.1 Å². The summed E-state index contributed by atoms with van der Waals surface area (Å²) in [5.74, 6) is -1.90. The second-order valence-corrected chi connectivity index (χ2v) is 6.43. The van der Waals surface area contributed by atoms with Crippen LogP contribution >= 0.6 is 0 Å². The molecule has 0 unspecified atom stereocenters. The number of carbonyl (C=O) groups excluding carboxylic acids is 1. The van der Waals surface area contributed by atoms with Gasteiger partial charge in [-0.3, -0.25) is 9.78 Å². The molecule has 0 saturated carbocycles. The van der Waals surface area contributed by atoms with E-state index in [9.17, 15) is 22.4 Å². The van der Waals surface area contributed by atoms with E-state index in [1.807, 2.05) is 0 Å². The Hall–Kier alpha value is -3.56. The zero-order chi connectivity index (χ0) is 22.1. The Morgan fingerprint density at radius 1 is 1.10 bits per heavy atom. The molecule has 0 bridgehead atoms. The SMILES string of the molecule is Cc1cc(NC(=O)c2c(Oc3ccc(F)nc3C)ncc(C(F)(F)F)c2C)ccn1. The minimum atomic E-state index is -4.72. The van der Waals surface area contributed by atoms with Crippen LogP contribution in [-0.2, 0) is 6.18 Å². The molecule has 1 amide bonds. The topological polar surface area (TPSA) is 77.0 Å². The molecule has 0 fully saturated rings. The van der Waals surface area contributed by atoms with Crippen molar-refractivity contribution in [2.24, 2.45) is 0 Å². The van der Waals surface area contributed by atoms with E-state index < -0.39 is 29.2 Å². The monoisotopic (exact) mass is 420 g/mol. The third kappa shape index (κ3) is 4.53. The van der Waals surface area contributed by atoms with Crippen LogP contribution in [0.4, 0.5) is 23.2 Å². The van der Waals surface area contributed by atoms with E-state index in [-0.39, 0.29) is 22.9 Å². The molecule has 0 saturated heterocycles. The number of ether oxygens (including phenoxy) is 1. The van der Waals surface area contributed by atoms with Crippen LogP contribution in [-0.4, -0.2) is 20.9 Å². The highest BCUT2D eigenvalue weighted by Crippen LogP contribution is 2.36. The molecule has 3 rings (SSSR count). The van der Waals surface area contributed by atoms with E-state index in [0.29, 0.717) is 17.6 Å². The molecule has 30 heavy (non-hydrogen) atoms. The van der Waals surface area contributed by atoms with Crippen molar-refractivity contribution in [3.63, 3.8) is 0 Å². The van der Waals surface area contributed by atoms with Gasteiger partial charge in [-0.25, -0.2) is 9.97 Å². The van der Waals surface area contributed by atoms with Crippen LogP contribution in [0.15, 0.2) is 36.7 Å². The maximum absolute atomic E-state index is 13.4. The number of rotatable bonds is 4. The van der Waals surface area contributed by atoms with Crippen molar-refractivity contribution < 1.29 is 27.1 Å². The van der Waals surface area contributed by atoms with Crippen LogP contribution in [0.3, 0.4) is 0 Å². The highest BCUT2D eigenvalue weighted by atomic mass is 19.4. The summed E-state index contributed by atoms with van der Waals surface area (Å²) in [6, 6.07) is 5.33. The second-order valence-electron chi connectivity index (χ2n) is 6.43. The molecular formula is C20H16F4N4O2. The van der Waals surface area contributed by atoms with E-state index in [0.717, 1.165) is 13.0 Å². The standard InChI is InChI=1S/C20H16F4N4O2/c1-10-8-13(6-7-25-10)28-18(29)17-11(2)14(20(22,23)24)9-26-19(17)30-15-4-5-16(21)27-12(15)3/h4-9H,1-3H3,(H,25,28,29). The summed E-state index contributed by atoms with van der Waals surface area (Å²) < 4.78 is 58.9. The molecule has 0 spiro atoms. The van der Waals surface area contributed by atoms with Gasteiger partial charge in [0.2, 0.25) is 11.8 Å². The highest BCUT2D eigenvalue weighted by Gasteiger charge is 2.36. The Bertz CT molecular complexity index is 1120. The molecule has 3 aromatic rings. The Kier molecular flexibility index (Phi) is 5.68. The molecular weight excluding hydrogens is 404 g/mol. The molecule has 156 valence electrons. The molecule has 0 aromatic carbocycles. The van der Waals surface area contributed by atoms with Crippen LogP contribution in [0.25, 0.3) is 0 Å². The maximum Gasteiger partial charge on any atom is 0.418 e. The minimum Gasteiger partial charge on any atom is -0.436 e. The van der Waals surface area contributed by atoms with Gasteiger partial charge in [0, 0.05) is 23.8 Å². The number of hydrogen-bond acceptors (Lipinski definition) is 5. The molecule has 0 aliphatic rings. The molecule has 0 radical (unpaired) electrons. The van der Waals surface area contributed by atoms with Gasteiger partial charge in [0.05, 0.1) is 11.3 Å². The molecule has 0 atom stereocenters. The fourth-order valence-electron chi connectivity index (χ4n) is 2.76. The molecule has 1 N–H and O–H groups in total. The van der Waals surface area contributed by atoms with Crippen LogP contribution in [0, 0.1) is 26.7 Å². The largest absolute Gasteiger partial charge is 0.436 e. The number of amides is 1. The lowest BCUT2D eigenvalue weighted by Crippen LogP contribution is -2.19. The van der Waals surface area contributed by atoms with Gasteiger partial charge in [0.1, 0.15) is 5.56 Å². The van der Waals surface area contributed by atoms with E-state index >= 15 is 0 Å². The normalized spacial score (nSPS) is 11.3. The van der Waals surface area contributed by atoms with Gasteiger partial charge < -0.3 is 10.1 Å². The third-order valence-electron chi connectivity index (χ3n) is 4.20.